The lowest BCUT2D eigenvalue weighted by Crippen LogP contribution is -2.42. The van der Waals surface area contributed by atoms with Crippen molar-refractivity contribution < 1.29 is 28.2 Å². The lowest BCUT2D eigenvalue weighted by Gasteiger charge is -2.29. The third kappa shape index (κ3) is 3.51. The topological polar surface area (TPSA) is 113 Å². The van der Waals surface area contributed by atoms with Crippen molar-refractivity contribution in [3.63, 3.8) is 0 Å². The number of carbonyl (C=O) groups is 2. The second-order valence-corrected chi connectivity index (χ2v) is 5.92. The molecule has 9 nitrogen and oxygen atoms in total. The summed E-state index contributed by atoms with van der Waals surface area (Å²) >= 11 is 0. The second kappa shape index (κ2) is 6.51. The van der Waals surface area contributed by atoms with E-state index >= 15 is 0 Å². The maximum atomic E-state index is 12.0. The third-order valence-electron chi connectivity index (χ3n) is 3.46. The van der Waals surface area contributed by atoms with Gasteiger partial charge >= 0.3 is 11.9 Å². The van der Waals surface area contributed by atoms with Gasteiger partial charge < -0.3 is 23.9 Å². The molecule has 1 aliphatic heterocycles. The van der Waals surface area contributed by atoms with Gasteiger partial charge in [-0.1, -0.05) is 0 Å². The molecule has 9 heteroatoms. The first kappa shape index (κ1) is 17.5. The van der Waals surface area contributed by atoms with Crippen LogP contribution >= 0.6 is 0 Å². The number of nitrogens with one attached hydrogen (secondary N) is 1. The SMILES string of the molecule is COc1ccc(-c2nnc(C)o2)cc1NC=C1C(=O)OC(C)(C)OC1=O. The van der Waals surface area contributed by atoms with Gasteiger partial charge in [0.25, 0.3) is 5.79 Å². The molecule has 1 saturated heterocycles. The van der Waals surface area contributed by atoms with Crippen LogP contribution < -0.4 is 10.1 Å². The maximum absolute atomic E-state index is 12.0. The van der Waals surface area contributed by atoms with Crippen LogP contribution in [0.4, 0.5) is 5.69 Å². The predicted octanol–water partition coefficient (Wildman–Crippen LogP) is 2.19. The molecule has 0 spiro atoms. The molecule has 0 atom stereocenters. The van der Waals surface area contributed by atoms with Crippen molar-refractivity contribution in [2.24, 2.45) is 0 Å². The van der Waals surface area contributed by atoms with Crippen molar-refractivity contribution in [3.8, 4) is 17.2 Å². The fraction of sp³-hybridized carbons (Fsp3) is 0.294. The van der Waals surface area contributed by atoms with Crippen molar-refractivity contribution in [2.45, 2.75) is 26.6 Å². The summed E-state index contributed by atoms with van der Waals surface area (Å²) in [5.41, 5.74) is 0.867. The van der Waals surface area contributed by atoms with Gasteiger partial charge in [-0.15, -0.1) is 10.2 Å². The molecule has 1 aromatic heterocycles. The Morgan fingerprint density at radius 3 is 2.42 bits per heavy atom. The monoisotopic (exact) mass is 359 g/mol. The molecule has 26 heavy (non-hydrogen) atoms. The highest BCUT2D eigenvalue weighted by Gasteiger charge is 2.39. The largest absolute Gasteiger partial charge is 0.495 e. The molecular formula is C17H17N3O6. The van der Waals surface area contributed by atoms with Crippen LogP contribution in [0.15, 0.2) is 34.4 Å². The van der Waals surface area contributed by atoms with E-state index in [0.29, 0.717) is 28.8 Å². The summed E-state index contributed by atoms with van der Waals surface area (Å²) in [7, 11) is 1.50. The molecule has 1 N–H and O–H groups in total. The highest BCUT2D eigenvalue weighted by molar-refractivity contribution is 6.15. The standard InChI is InChI=1S/C17H17N3O6/c1-9-19-20-14(24-9)10-5-6-13(23-4)12(7-10)18-8-11-15(21)25-17(2,3)26-16(11)22/h5-8,18H,1-4H3. The van der Waals surface area contributed by atoms with Gasteiger partial charge in [0.1, 0.15) is 5.75 Å². The van der Waals surface area contributed by atoms with E-state index in [1.54, 1.807) is 25.1 Å². The molecule has 0 radical (unpaired) electrons. The number of nitrogens with zero attached hydrogens (tertiary/aromatic N) is 2. The molecule has 1 aromatic carbocycles. The number of esters is 2. The van der Waals surface area contributed by atoms with E-state index in [1.807, 2.05) is 0 Å². The first-order valence-corrected chi connectivity index (χ1v) is 7.71. The molecular weight excluding hydrogens is 342 g/mol. The Morgan fingerprint density at radius 1 is 1.15 bits per heavy atom. The molecule has 1 aliphatic rings. The normalized spacial score (nSPS) is 15.9. The summed E-state index contributed by atoms with van der Waals surface area (Å²) in [4.78, 5) is 24.0. The highest BCUT2D eigenvalue weighted by Crippen LogP contribution is 2.31. The van der Waals surface area contributed by atoms with Gasteiger partial charge in [0.15, 0.2) is 5.57 Å². The molecule has 2 heterocycles. The van der Waals surface area contributed by atoms with Gasteiger partial charge in [0.2, 0.25) is 11.8 Å². The fourth-order valence-electron chi connectivity index (χ4n) is 2.30. The van der Waals surface area contributed by atoms with E-state index in [2.05, 4.69) is 15.5 Å². The first-order valence-electron chi connectivity index (χ1n) is 7.71. The number of anilines is 1. The van der Waals surface area contributed by atoms with Gasteiger partial charge in [-0.3, -0.25) is 0 Å². The summed E-state index contributed by atoms with van der Waals surface area (Å²) in [5, 5.41) is 10.6. The first-order chi connectivity index (χ1) is 12.3. The number of ether oxygens (including phenoxy) is 3. The van der Waals surface area contributed by atoms with Crippen LogP contribution in [-0.2, 0) is 19.1 Å². The number of cyclic esters (lactones) is 2. The number of rotatable bonds is 4. The van der Waals surface area contributed by atoms with Gasteiger partial charge in [0.05, 0.1) is 12.8 Å². The number of carbonyl (C=O) groups excluding carboxylic acids is 2. The average molecular weight is 359 g/mol. The van der Waals surface area contributed by atoms with Gasteiger partial charge in [-0.25, -0.2) is 9.59 Å². The van der Waals surface area contributed by atoms with E-state index in [1.165, 1.54) is 27.2 Å². The maximum Gasteiger partial charge on any atom is 0.350 e. The van der Waals surface area contributed by atoms with Crippen LogP contribution in [0, 0.1) is 6.92 Å². The lowest BCUT2D eigenvalue weighted by atomic mass is 10.1. The Balaban J connectivity index is 1.89. The van der Waals surface area contributed by atoms with Gasteiger partial charge in [-0.05, 0) is 18.2 Å². The van der Waals surface area contributed by atoms with Crippen LogP contribution in [0.3, 0.4) is 0 Å². The van der Waals surface area contributed by atoms with Crippen LogP contribution in [0.25, 0.3) is 11.5 Å². The quantitative estimate of drug-likeness (QED) is 0.498. The minimum Gasteiger partial charge on any atom is -0.495 e. The van der Waals surface area contributed by atoms with Gasteiger partial charge in [0, 0.05) is 32.5 Å². The molecule has 0 bridgehead atoms. The van der Waals surface area contributed by atoms with Crippen molar-refractivity contribution in [1.82, 2.24) is 10.2 Å². The summed E-state index contributed by atoms with van der Waals surface area (Å²) < 4.78 is 20.8. The van der Waals surface area contributed by atoms with Crippen LogP contribution in [0.2, 0.25) is 0 Å². The zero-order valence-electron chi connectivity index (χ0n) is 14.7. The zero-order chi connectivity index (χ0) is 18.9. The Labute approximate surface area is 148 Å². The van der Waals surface area contributed by atoms with Crippen molar-refractivity contribution in [1.29, 1.82) is 0 Å². The smallest absolute Gasteiger partial charge is 0.350 e. The number of aromatic nitrogens is 2. The van der Waals surface area contributed by atoms with E-state index in [4.69, 9.17) is 18.6 Å². The molecule has 0 aliphatic carbocycles. The van der Waals surface area contributed by atoms with Crippen molar-refractivity contribution in [3.05, 3.63) is 35.9 Å². The Morgan fingerprint density at radius 2 is 1.85 bits per heavy atom. The lowest BCUT2D eigenvalue weighted by molar-refractivity contribution is -0.222. The summed E-state index contributed by atoms with van der Waals surface area (Å²) in [5.74, 6) is -1.59. The Bertz CT molecular complexity index is 878. The molecule has 0 amide bonds. The molecule has 3 rings (SSSR count). The molecule has 1 fully saturated rings. The van der Waals surface area contributed by atoms with Crippen molar-refractivity contribution in [2.75, 3.05) is 12.4 Å². The van der Waals surface area contributed by atoms with Crippen LogP contribution in [0.5, 0.6) is 5.75 Å². The Hall–Kier alpha value is -3.36. The van der Waals surface area contributed by atoms with E-state index in [-0.39, 0.29) is 5.57 Å². The summed E-state index contributed by atoms with van der Waals surface area (Å²) in [6.07, 6.45) is 1.21. The minimum absolute atomic E-state index is 0.259. The minimum atomic E-state index is -1.29. The number of hydrogen-bond acceptors (Lipinski definition) is 9. The number of methoxy groups -OCH3 is 1. The van der Waals surface area contributed by atoms with Crippen LogP contribution in [-0.4, -0.2) is 35.0 Å². The van der Waals surface area contributed by atoms with Crippen LogP contribution in [0.1, 0.15) is 19.7 Å². The summed E-state index contributed by atoms with van der Waals surface area (Å²) in [6, 6.07) is 5.12. The van der Waals surface area contributed by atoms with E-state index < -0.39 is 17.7 Å². The van der Waals surface area contributed by atoms with E-state index in [0.717, 1.165) is 0 Å². The molecule has 0 saturated carbocycles. The predicted molar refractivity (Wildman–Crippen MR) is 89.0 cm³/mol. The zero-order valence-corrected chi connectivity index (χ0v) is 14.7. The van der Waals surface area contributed by atoms with Crippen molar-refractivity contribution >= 4 is 17.6 Å². The summed E-state index contributed by atoms with van der Waals surface area (Å²) in [6.45, 7) is 4.64. The second-order valence-electron chi connectivity index (χ2n) is 5.92. The van der Waals surface area contributed by atoms with E-state index in [9.17, 15) is 9.59 Å². The molecule has 0 unspecified atom stereocenters. The fourth-order valence-corrected chi connectivity index (χ4v) is 2.30. The third-order valence-corrected chi connectivity index (χ3v) is 3.46. The highest BCUT2D eigenvalue weighted by atomic mass is 16.7. The number of benzene rings is 1. The average Bonchev–Trinajstić information content (AvgIpc) is 2.99. The Kier molecular flexibility index (Phi) is 4.37. The number of aryl methyl sites for hydroxylation is 1. The molecule has 2 aromatic rings. The van der Waals surface area contributed by atoms with Gasteiger partial charge in [-0.2, -0.15) is 0 Å². The molecule has 136 valence electrons. The number of hydrogen-bond donors (Lipinski definition) is 1.